The summed E-state index contributed by atoms with van der Waals surface area (Å²) < 4.78 is 6.99. The van der Waals surface area contributed by atoms with Crippen molar-refractivity contribution in [1.29, 1.82) is 0 Å². The van der Waals surface area contributed by atoms with Crippen LogP contribution in [0.2, 0.25) is 0 Å². The minimum atomic E-state index is -1.27. The number of hydrogen-bond donors (Lipinski definition) is 4. The quantitative estimate of drug-likeness (QED) is 0.491. The summed E-state index contributed by atoms with van der Waals surface area (Å²) in [5.74, 6) is 0.258. The molecule has 146 valence electrons. The maximum atomic E-state index is 12.5. The van der Waals surface area contributed by atoms with E-state index in [0.29, 0.717) is 22.6 Å². The summed E-state index contributed by atoms with van der Waals surface area (Å²) in [5, 5.41) is 32.3. The third-order valence-electron chi connectivity index (χ3n) is 4.59. The Balaban J connectivity index is 1.70. The Morgan fingerprint density at radius 3 is 2.64 bits per heavy atom. The van der Waals surface area contributed by atoms with Gasteiger partial charge in [0.15, 0.2) is 23.2 Å². The Hall–Kier alpha value is -2.92. The van der Waals surface area contributed by atoms with E-state index in [0.717, 1.165) is 0 Å². The van der Waals surface area contributed by atoms with Gasteiger partial charge >= 0.3 is 0 Å². The second-order valence-corrected chi connectivity index (χ2v) is 6.49. The van der Waals surface area contributed by atoms with Gasteiger partial charge in [-0.05, 0) is 19.1 Å². The number of imidazole rings is 1. The number of fused-ring (bicyclic) bond motifs is 1. The van der Waals surface area contributed by atoms with Gasteiger partial charge < -0.3 is 25.4 Å². The zero-order chi connectivity index (χ0) is 19.8. The summed E-state index contributed by atoms with van der Waals surface area (Å²) in [6, 6.07) is 8.68. The van der Waals surface area contributed by atoms with Crippen LogP contribution < -0.4 is 5.32 Å². The van der Waals surface area contributed by atoms with Gasteiger partial charge in [0, 0.05) is 5.56 Å². The molecule has 1 amide bonds. The predicted molar refractivity (Wildman–Crippen MR) is 97.5 cm³/mol. The van der Waals surface area contributed by atoms with Crippen LogP contribution >= 0.6 is 0 Å². The van der Waals surface area contributed by atoms with Crippen LogP contribution in [-0.4, -0.2) is 65.7 Å². The fourth-order valence-corrected chi connectivity index (χ4v) is 3.18. The molecule has 1 saturated heterocycles. The van der Waals surface area contributed by atoms with Crippen molar-refractivity contribution in [1.82, 2.24) is 19.5 Å². The molecule has 28 heavy (non-hydrogen) atoms. The maximum Gasteiger partial charge on any atom is 0.256 e. The van der Waals surface area contributed by atoms with Crippen molar-refractivity contribution in [2.45, 2.75) is 31.5 Å². The van der Waals surface area contributed by atoms with Crippen LogP contribution in [0.5, 0.6) is 0 Å². The average Bonchev–Trinajstić information content (AvgIpc) is 3.23. The van der Waals surface area contributed by atoms with Gasteiger partial charge in [0.25, 0.3) is 5.91 Å². The molecule has 2 unspecified atom stereocenters. The normalized spacial score (nSPS) is 24.6. The van der Waals surface area contributed by atoms with E-state index in [4.69, 9.17) is 4.74 Å². The van der Waals surface area contributed by atoms with E-state index in [-0.39, 0.29) is 11.7 Å². The van der Waals surface area contributed by atoms with Crippen LogP contribution in [0.15, 0.2) is 36.7 Å². The van der Waals surface area contributed by atoms with Crippen molar-refractivity contribution < 1.29 is 24.9 Å². The first-order valence-corrected chi connectivity index (χ1v) is 8.69. The van der Waals surface area contributed by atoms with Crippen LogP contribution in [0, 0.1) is 6.92 Å². The zero-order valence-electron chi connectivity index (χ0n) is 14.9. The first-order valence-electron chi connectivity index (χ1n) is 8.69. The van der Waals surface area contributed by atoms with Crippen molar-refractivity contribution in [2.75, 3.05) is 11.9 Å². The number of aromatic nitrogens is 4. The molecule has 10 nitrogen and oxygen atoms in total. The highest BCUT2D eigenvalue weighted by molar-refractivity contribution is 6.06. The summed E-state index contributed by atoms with van der Waals surface area (Å²) in [6.07, 6.45) is -3.03. The number of rotatable bonds is 4. The number of carbonyl (C=O) groups excluding carboxylic acids is 1. The summed E-state index contributed by atoms with van der Waals surface area (Å²) in [7, 11) is 0. The highest BCUT2D eigenvalue weighted by Crippen LogP contribution is 2.32. The molecule has 4 N–H and O–H groups in total. The lowest BCUT2D eigenvalue weighted by atomic mass is 10.1. The van der Waals surface area contributed by atoms with E-state index in [1.54, 1.807) is 31.2 Å². The molecule has 1 aromatic carbocycles. The summed E-state index contributed by atoms with van der Waals surface area (Å²) >= 11 is 0. The largest absolute Gasteiger partial charge is 0.394 e. The van der Waals surface area contributed by atoms with Crippen LogP contribution in [0.4, 0.5) is 5.82 Å². The summed E-state index contributed by atoms with van der Waals surface area (Å²) in [6.45, 7) is 1.22. The number of anilines is 1. The number of carbonyl (C=O) groups is 1. The van der Waals surface area contributed by atoms with E-state index in [2.05, 4.69) is 20.3 Å². The zero-order valence-corrected chi connectivity index (χ0v) is 14.9. The number of aliphatic hydroxyl groups excluding tert-OH is 3. The highest BCUT2D eigenvalue weighted by atomic mass is 16.6. The molecule has 0 saturated carbocycles. The molecule has 10 heteroatoms. The van der Waals surface area contributed by atoms with Crippen molar-refractivity contribution in [3.05, 3.63) is 48.0 Å². The van der Waals surface area contributed by atoms with Crippen LogP contribution in [0.3, 0.4) is 0 Å². The molecule has 0 bridgehead atoms. The Kier molecular flexibility index (Phi) is 4.77. The third kappa shape index (κ3) is 3.12. The number of hydrogen-bond acceptors (Lipinski definition) is 8. The van der Waals surface area contributed by atoms with Gasteiger partial charge in [-0.1, -0.05) is 18.2 Å². The topological polar surface area (TPSA) is 143 Å². The standard InChI is InChI=1S/C18H19N5O5/c1-9-20-15(22-17(27)10-5-3-2-4-6-10)12-16(21-9)23(8-19-12)18-14(26)13(25)11(7-24)28-18/h2-6,8,11,13-14,18,24-26H,7H2,1H3,(H,20,21,22,27)/t11-,13?,14?,18-/m1/s1. The minimum absolute atomic E-state index is 0.224. The fourth-order valence-electron chi connectivity index (χ4n) is 3.18. The molecule has 2 aromatic heterocycles. The summed E-state index contributed by atoms with van der Waals surface area (Å²) in [4.78, 5) is 25.3. The Labute approximate surface area is 159 Å². The average molecular weight is 385 g/mol. The van der Waals surface area contributed by atoms with Crippen molar-refractivity contribution in [3.63, 3.8) is 0 Å². The second-order valence-electron chi connectivity index (χ2n) is 6.49. The van der Waals surface area contributed by atoms with Gasteiger partial charge in [0.05, 0.1) is 12.9 Å². The molecule has 4 rings (SSSR count). The first kappa shape index (κ1) is 18.4. The monoisotopic (exact) mass is 385 g/mol. The maximum absolute atomic E-state index is 12.5. The number of aliphatic hydroxyl groups is 3. The fraction of sp³-hybridized carbons (Fsp3) is 0.333. The molecule has 0 aliphatic carbocycles. The number of benzene rings is 1. The number of nitrogens with one attached hydrogen (secondary N) is 1. The number of nitrogens with zero attached hydrogens (tertiary/aromatic N) is 4. The van der Waals surface area contributed by atoms with Gasteiger partial charge in [-0.2, -0.15) is 0 Å². The molecule has 3 aromatic rings. The van der Waals surface area contributed by atoms with Crippen molar-refractivity contribution in [2.24, 2.45) is 0 Å². The number of amides is 1. The molecular formula is C18H19N5O5. The lowest BCUT2D eigenvalue weighted by molar-refractivity contribution is -0.0511. The van der Waals surface area contributed by atoms with Gasteiger partial charge in [-0.15, -0.1) is 0 Å². The van der Waals surface area contributed by atoms with Crippen LogP contribution in [0.25, 0.3) is 11.2 Å². The summed E-state index contributed by atoms with van der Waals surface area (Å²) in [5.41, 5.74) is 1.10. The lowest BCUT2D eigenvalue weighted by Gasteiger charge is -2.16. The van der Waals surface area contributed by atoms with Gasteiger partial charge in [-0.25, -0.2) is 15.0 Å². The Morgan fingerprint density at radius 1 is 1.21 bits per heavy atom. The van der Waals surface area contributed by atoms with Gasteiger partial charge in [-0.3, -0.25) is 9.36 Å². The smallest absolute Gasteiger partial charge is 0.256 e. The molecule has 0 radical (unpaired) electrons. The third-order valence-corrected chi connectivity index (χ3v) is 4.59. The Morgan fingerprint density at radius 2 is 1.96 bits per heavy atom. The van der Waals surface area contributed by atoms with Crippen molar-refractivity contribution >= 4 is 22.9 Å². The number of aryl methyl sites for hydroxylation is 1. The van der Waals surface area contributed by atoms with Crippen LogP contribution in [0.1, 0.15) is 22.4 Å². The van der Waals surface area contributed by atoms with Gasteiger partial charge in [0.2, 0.25) is 0 Å². The Bertz CT molecular complexity index is 1010. The number of ether oxygens (including phenoxy) is 1. The van der Waals surface area contributed by atoms with E-state index in [1.807, 2.05) is 6.07 Å². The van der Waals surface area contributed by atoms with Crippen LogP contribution in [-0.2, 0) is 4.74 Å². The highest BCUT2D eigenvalue weighted by Gasteiger charge is 2.44. The molecule has 4 atom stereocenters. The molecule has 0 spiro atoms. The molecule has 1 aliphatic heterocycles. The van der Waals surface area contributed by atoms with E-state index in [9.17, 15) is 20.1 Å². The van der Waals surface area contributed by atoms with E-state index >= 15 is 0 Å². The first-order chi connectivity index (χ1) is 13.5. The molecule has 3 heterocycles. The SMILES string of the molecule is Cc1nc(NC(=O)c2ccccc2)c2ncn([C@@H]3O[C@H](CO)C(O)C3O)c2n1. The molecule has 1 aliphatic rings. The minimum Gasteiger partial charge on any atom is -0.394 e. The van der Waals surface area contributed by atoms with E-state index in [1.165, 1.54) is 10.9 Å². The molecule has 1 fully saturated rings. The second kappa shape index (κ2) is 7.24. The van der Waals surface area contributed by atoms with Crippen molar-refractivity contribution in [3.8, 4) is 0 Å². The molecular weight excluding hydrogens is 366 g/mol. The lowest BCUT2D eigenvalue weighted by Crippen LogP contribution is -2.33. The van der Waals surface area contributed by atoms with Gasteiger partial charge in [0.1, 0.15) is 24.1 Å². The van der Waals surface area contributed by atoms with E-state index < -0.39 is 31.1 Å². The predicted octanol–water partition coefficient (Wildman–Crippen LogP) is -0.00148.